The number of hydrogen-bond acceptors (Lipinski definition) is 4. The van der Waals surface area contributed by atoms with Crippen LogP contribution in [-0.2, 0) is 4.79 Å². The van der Waals surface area contributed by atoms with Crippen molar-refractivity contribution < 1.29 is 14.7 Å². The number of nitrogens with one attached hydrogen (secondary N) is 1. The molecule has 2 N–H and O–H groups in total. The van der Waals surface area contributed by atoms with Crippen LogP contribution >= 0.6 is 11.3 Å². The van der Waals surface area contributed by atoms with Crippen LogP contribution in [-0.4, -0.2) is 28.5 Å². The van der Waals surface area contributed by atoms with Gasteiger partial charge in [0.1, 0.15) is 4.88 Å². The fraction of sp³-hybridized carbons (Fsp3) is 0.154. The quantitative estimate of drug-likeness (QED) is 0.875. The Hall–Kier alpha value is -2.21. The van der Waals surface area contributed by atoms with Crippen molar-refractivity contribution >= 4 is 23.2 Å². The highest BCUT2D eigenvalue weighted by Crippen LogP contribution is 2.24. The number of carbonyl (C=O) groups is 2. The third-order valence-corrected chi connectivity index (χ3v) is 3.27. The molecule has 0 aliphatic carbocycles. The Kier molecular flexibility index (Phi) is 4.25. The highest BCUT2D eigenvalue weighted by atomic mass is 32.1. The van der Waals surface area contributed by atoms with Crippen LogP contribution in [0.1, 0.15) is 16.1 Å². The van der Waals surface area contributed by atoms with E-state index < -0.39 is 5.97 Å². The molecule has 6 heteroatoms. The lowest BCUT2D eigenvalue weighted by Gasteiger charge is -2.03. The standard InChI is InChI=1S/C13H12N2O3S/c16-10(17)6-7-14-13(18)12-11(15-8-19-12)9-4-2-1-3-5-9/h1-5,8H,6-7H2,(H,14,18)(H,16,17). The Bertz CT molecular complexity index is 581. The Labute approximate surface area is 113 Å². The summed E-state index contributed by atoms with van der Waals surface area (Å²) in [6.07, 6.45) is -0.0920. The fourth-order valence-corrected chi connectivity index (χ4v) is 2.30. The average molecular weight is 276 g/mol. The summed E-state index contributed by atoms with van der Waals surface area (Å²) in [6, 6.07) is 9.40. The molecule has 2 rings (SSSR count). The van der Waals surface area contributed by atoms with Crippen LogP contribution in [0.2, 0.25) is 0 Å². The van der Waals surface area contributed by atoms with E-state index in [0.717, 1.165) is 5.56 Å². The molecule has 0 aliphatic rings. The van der Waals surface area contributed by atoms with Gasteiger partial charge in [0.2, 0.25) is 0 Å². The zero-order valence-electron chi connectivity index (χ0n) is 10.00. The van der Waals surface area contributed by atoms with E-state index in [9.17, 15) is 9.59 Å². The smallest absolute Gasteiger partial charge is 0.305 e. The van der Waals surface area contributed by atoms with Crippen LogP contribution in [0, 0.1) is 0 Å². The second kappa shape index (κ2) is 6.10. The zero-order valence-corrected chi connectivity index (χ0v) is 10.8. The maximum absolute atomic E-state index is 11.9. The molecule has 0 unspecified atom stereocenters. The lowest BCUT2D eigenvalue weighted by atomic mass is 10.1. The zero-order chi connectivity index (χ0) is 13.7. The highest BCUT2D eigenvalue weighted by molar-refractivity contribution is 7.12. The Morgan fingerprint density at radius 1 is 1.26 bits per heavy atom. The molecule has 5 nitrogen and oxygen atoms in total. The summed E-state index contributed by atoms with van der Waals surface area (Å²) < 4.78 is 0. The van der Waals surface area contributed by atoms with E-state index in [4.69, 9.17) is 5.11 Å². The van der Waals surface area contributed by atoms with Gasteiger partial charge in [0, 0.05) is 12.1 Å². The number of aromatic nitrogens is 1. The van der Waals surface area contributed by atoms with Crippen LogP contribution in [0.25, 0.3) is 11.3 Å². The molecule has 0 bridgehead atoms. The first-order valence-corrected chi connectivity index (χ1v) is 6.55. The Morgan fingerprint density at radius 3 is 2.68 bits per heavy atom. The van der Waals surface area contributed by atoms with Crippen LogP contribution in [0.15, 0.2) is 35.8 Å². The molecule has 0 atom stereocenters. The van der Waals surface area contributed by atoms with Crippen molar-refractivity contribution in [1.82, 2.24) is 10.3 Å². The minimum atomic E-state index is -0.937. The molecule has 0 fully saturated rings. The number of carbonyl (C=O) groups excluding carboxylic acids is 1. The van der Waals surface area contributed by atoms with Crippen LogP contribution < -0.4 is 5.32 Å². The predicted octanol–water partition coefficient (Wildman–Crippen LogP) is 2.01. The van der Waals surface area contributed by atoms with Gasteiger partial charge in [-0.3, -0.25) is 9.59 Å². The molecule has 0 radical (unpaired) electrons. The van der Waals surface area contributed by atoms with Crippen molar-refractivity contribution in [3.05, 3.63) is 40.7 Å². The molecule has 0 spiro atoms. The number of rotatable bonds is 5. The molecule has 0 saturated heterocycles. The van der Waals surface area contributed by atoms with Gasteiger partial charge in [0.05, 0.1) is 17.6 Å². The average Bonchev–Trinajstić information content (AvgIpc) is 2.88. The molecule has 2 aromatic rings. The molecule has 0 saturated carbocycles. The van der Waals surface area contributed by atoms with E-state index in [2.05, 4.69) is 10.3 Å². The summed E-state index contributed by atoms with van der Waals surface area (Å²) in [7, 11) is 0. The molecule has 1 amide bonds. The molecule has 1 aromatic carbocycles. The van der Waals surface area contributed by atoms with Crippen molar-refractivity contribution in [3.63, 3.8) is 0 Å². The maximum atomic E-state index is 11.9. The second-order valence-electron chi connectivity index (χ2n) is 3.80. The van der Waals surface area contributed by atoms with Crippen molar-refractivity contribution in [2.24, 2.45) is 0 Å². The van der Waals surface area contributed by atoms with Gasteiger partial charge >= 0.3 is 5.97 Å². The van der Waals surface area contributed by atoms with Gasteiger partial charge < -0.3 is 10.4 Å². The van der Waals surface area contributed by atoms with Crippen molar-refractivity contribution in [2.45, 2.75) is 6.42 Å². The lowest BCUT2D eigenvalue weighted by Crippen LogP contribution is -2.25. The van der Waals surface area contributed by atoms with E-state index in [0.29, 0.717) is 10.6 Å². The van der Waals surface area contributed by atoms with Crippen LogP contribution in [0.4, 0.5) is 0 Å². The lowest BCUT2D eigenvalue weighted by molar-refractivity contribution is -0.136. The number of carboxylic acid groups (broad SMARTS) is 1. The van der Waals surface area contributed by atoms with Crippen molar-refractivity contribution in [1.29, 1.82) is 0 Å². The van der Waals surface area contributed by atoms with Gasteiger partial charge in [-0.25, -0.2) is 4.98 Å². The first-order chi connectivity index (χ1) is 9.18. The summed E-state index contributed by atoms with van der Waals surface area (Å²) in [6.45, 7) is 0.111. The molecule has 1 heterocycles. The third kappa shape index (κ3) is 3.38. The van der Waals surface area contributed by atoms with Gasteiger partial charge in [0.25, 0.3) is 5.91 Å². The number of nitrogens with zero attached hydrogens (tertiary/aromatic N) is 1. The number of thiazole rings is 1. The minimum absolute atomic E-state index is 0.0920. The normalized spacial score (nSPS) is 10.1. The summed E-state index contributed by atoms with van der Waals surface area (Å²) in [5.74, 6) is -1.23. The summed E-state index contributed by atoms with van der Waals surface area (Å²) >= 11 is 1.24. The maximum Gasteiger partial charge on any atom is 0.305 e. The first-order valence-electron chi connectivity index (χ1n) is 5.67. The molecule has 1 aromatic heterocycles. The number of hydrogen-bond donors (Lipinski definition) is 2. The predicted molar refractivity (Wildman–Crippen MR) is 72.1 cm³/mol. The van der Waals surface area contributed by atoms with Gasteiger partial charge in [-0.2, -0.15) is 0 Å². The minimum Gasteiger partial charge on any atom is -0.481 e. The number of carboxylic acids is 1. The molecule has 98 valence electrons. The van der Waals surface area contributed by atoms with E-state index in [1.54, 1.807) is 5.51 Å². The largest absolute Gasteiger partial charge is 0.481 e. The topological polar surface area (TPSA) is 79.3 Å². The highest BCUT2D eigenvalue weighted by Gasteiger charge is 2.15. The Morgan fingerprint density at radius 2 is 2.00 bits per heavy atom. The number of aliphatic carboxylic acids is 1. The fourth-order valence-electron chi connectivity index (χ4n) is 1.57. The van der Waals surface area contributed by atoms with Crippen LogP contribution in [0.3, 0.4) is 0 Å². The molecular formula is C13H12N2O3S. The SMILES string of the molecule is O=C(O)CCNC(=O)c1scnc1-c1ccccc1. The molecule has 19 heavy (non-hydrogen) atoms. The first kappa shape index (κ1) is 13.2. The van der Waals surface area contributed by atoms with Gasteiger partial charge in [-0.15, -0.1) is 11.3 Å². The second-order valence-corrected chi connectivity index (χ2v) is 4.65. The van der Waals surface area contributed by atoms with Gasteiger partial charge in [-0.05, 0) is 0 Å². The number of benzene rings is 1. The van der Waals surface area contributed by atoms with E-state index >= 15 is 0 Å². The van der Waals surface area contributed by atoms with Gasteiger partial charge in [0.15, 0.2) is 0 Å². The summed E-state index contributed by atoms with van der Waals surface area (Å²) in [4.78, 5) is 27.0. The third-order valence-electron chi connectivity index (χ3n) is 2.45. The Balaban J connectivity index is 2.11. The van der Waals surface area contributed by atoms with E-state index in [1.807, 2.05) is 30.3 Å². The van der Waals surface area contributed by atoms with Crippen molar-refractivity contribution in [3.8, 4) is 11.3 Å². The summed E-state index contributed by atoms with van der Waals surface area (Å²) in [5.41, 5.74) is 3.10. The molecule has 0 aliphatic heterocycles. The van der Waals surface area contributed by atoms with Crippen LogP contribution in [0.5, 0.6) is 0 Å². The number of amides is 1. The van der Waals surface area contributed by atoms with Crippen molar-refractivity contribution in [2.75, 3.05) is 6.54 Å². The monoisotopic (exact) mass is 276 g/mol. The van der Waals surface area contributed by atoms with Gasteiger partial charge in [-0.1, -0.05) is 30.3 Å². The van der Waals surface area contributed by atoms with E-state index in [-0.39, 0.29) is 18.9 Å². The van der Waals surface area contributed by atoms with E-state index in [1.165, 1.54) is 11.3 Å². The molecular weight excluding hydrogens is 264 g/mol. The summed E-state index contributed by atoms with van der Waals surface area (Å²) in [5, 5.41) is 11.1.